The first kappa shape index (κ1) is 26.0. The van der Waals surface area contributed by atoms with Gasteiger partial charge in [-0.25, -0.2) is 4.39 Å². The van der Waals surface area contributed by atoms with Crippen LogP contribution in [-0.4, -0.2) is 42.2 Å². The molecule has 8 heteroatoms. The van der Waals surface area contributed by atoms with Crippen LogP contribution in [0, 0.1) is 5.82 Å². The van der Waals surface area contributed by atoms with E-state index >= 15 is 0 Å². The molecule has 2 amide bonds. The second-order valence-corrected chi connectivity index (χ2v) is 8.78. The number of carbonyl (C=O) groups excluding carboxylic acids is 2. The number of rotatable bonds is 12. The molecule has 5 nitrogen and oxygen atoms in total. The van der Waals surface area contributed by atoms with Crippen LogP contribution in [0.5, 0.6) is 5.75 Å². The van der Waals surface area contributed by atoms with E-state index in [0.717, 1.165) is 18.4 Å². The van der Waals surface area contributed by atoms with E-state index < -0.39 is 11.9 Å². The molecule has 2 aromatic carbocycles. The third kappa shape index (κ3) is 7.71. The Morgan fingerprint density at radius 2 is 1.94 bits per heavy atom. The van der Waals surface area contributed by atoms with Gasteiger partial charge < -0.3 is 15.0 Å². The molecule has 0 saturated heterocycles. The zero-order valence-corrected chi connectivity index (χ0v) is 20.3. The van der Waals surface area contributed by atoms with Gasteiger partial charge in [-0.2, -0.15) is 0 Å². The van der Waals surface area contributed by atoms with Gasteiger partial charge in [0, 0.05) is 29.4 Å². The number of amides is 2. The van der Waals surface area contributed by atoms with Crippen molar-refractivity contribution in [1.82, 2.24) is 10.2 Å². The molecule has 0 radical (unpaired) electrons. The van der Waals surface area contributed by atoms with Crippen LogP contribution in [0.3, 0.4) is 0 Å². The molecule has 174 valence electrons. The summed E-state index contributed by atoms with van der Waals surface area (Å²) in [5.74, 6) is 0.308. The molecule has 0 spiro atoms. The summed E-state index contributed by atoms with van der Waals surface area (Å²) < 4.78 is 19.2. The Morgan fingerprint density at radius 1 is 1.22 bits per heavy atom. The number of halogens is 2. The van der Waals surface area contributed by atoms with E-state index in [1.807, 2.05) is 31.2 Å². The van der Waals surface area contributed by atoms with Crippen molar-refractivity contribution in [2.75, 3.05) is 19.4 Å². The molecule has 0 heterocycles. The van der Waals surface area contributed by atoms with Crippen molar-refractivity contribution in [3.8, 4) is 5.75 Å². The Kier molecular flexibility index (Phi) is 10.8. The van der Waals surface area contributed by atoms with Gasteiger partial charge in [-0.15, -0.1) is 11.8 Å². The number of thioether (sulfide) groups is 1. The van der Waals surface area contributed by atoms with Crippen LogP contribution >= 0.6 is 23.4 Å². The van der Waals surface area contributed by atoms with E-state index in [1.165, 1.54) is 17.8 Å². The predicted molar refractivity (Wildman–Crippen MR) is 128 cm³/mol. The summed E-state index contributed by atoms with van der Waals surface area (Å²) in [6.07, 6.45) is 1.85. The fraction of sp³-hybridized carbons (Fsp3) is 0.417. The molecule has 1 atom stereocenters. The van der Waals surface area contributed by atoms with Gasteiger partial charge in [0.1, 0.15) is 17.6 Å². The third-order valence-electron chi connectivity index (χ3n) is 5.04. The van der Waals surface area contributed by atoms with Crippen LogP contribution in [0.2, 0.25) is 5.02 Å². The zero-order valence-electron chi connectivity index (χ0n) is 18.7. The lowest BCUT2D eigenvalue weighted by Gasteiger charge is -2.29. The SMILES string of the molecule is CCCCNC(=O)[C@@H](C)N(Cc1ccc(OC)cc1)C(=O)CSCc1c(F)cccc1Cl. The quantitative estimate of drug-likeness (QED) is 0.432. The lowest BCUT2D eigenvalue weighted by atomic mass is 10.1. The summed E-state index contributed by atoms with van der Waals surface area (Å²) in [4.78, 5) is 27.3. The number of ether oxygens (including phenoxy) is 1. The van der Waals surface area contributed by atoms with Crippen molar-refractivity contribution in [2.45, 2.75) is 45.0 Å². The number of hydrogen-bond donors (Lipinski definition) is 1. The van der Waals surface area contributed by atoms with Crippen LogP contribution in [0.1, 0.15) is 37.8 Å². The van der Waals surface area contributed by atoms with E-state index in [4.69, 9.17) is 16.3 Å². The third-order valence-corrected chi connectivity index (χ3v) is 6.34. The molecule has 1 N–H and O–H groups in total. The Hall–Kier alpha value is -2.25. The number of methoxy groups -OCH3 is 1. The summed E-state index contributed by atoms with van der Waals surface area (Å²) in [5, 5.41) is 3.23. The molecule has 0 aromatic heterocycles. The molecule has 0 unspecified atom stereocenters. The molecule has 2 aromatic rings. The van der Waals surface area contributed by atoms with Gasteiger partial charge in [0.05, 0.1) is 12.9 Å². The van der Waals surface area contributed by atoms with E-state index in [9.17, 15) is 14.0 Å². The summed E-state index contributed by atoms with van der Waals surface area (Å²) in [7, 11) is 1.59. The minimum absolute atomic E-state index is 0.105. The number of nitrogens with one attached hydrogen (secondary N) is 1. The Labute approximate surface area is 198 Å². The van der Waals surface area contributed by atoms with E-state index in [0.29, 0.717) is 22.9 Å². The molecule has 0 aliphatic rings. The predicted octanol–water partition coefficient (Wildman–Crippen LogP) is 5.05. The number of hydrogen-bond acceptors (Lipinski definition) is 4. The maximum Gasteiger partial charge on any atom is 0.242 e. The molecule has 0 saturated carbocycles. The highest BCUT2D eigenvalue weighted by Gasteiger charge is 2.26. The molecule has 32 heavy (non-hydrogen) atoms. The van der Waals surface area contributed by atoms with Crippen molar-refractivity contribution >= 4 is 35.2 Å². The monoisotopic (exact) mass is 480 g/mol. The number of unbranched alkanes of at least 4 members (excludes halogenated alkanes) is 1. The largest absolute Gasteiger partial charge is 0.497 e. The van der Waals surface area contributed by atoms with Crippen LogP contribution in [-0.2, 0) is 21.9 Å². The second kappa shape index (κ2) is 13.3. The van der Waals surface area contributed by atoms with Crippen molar-refractivity contribution in [3.05, 3.63) is 64.4 Å². The molecular formula is C24H30ClFN2O3S. The number of carbonyl (C=O) groups is 2. The molecular weight excluding hydrogens is 451 g/mol. The summed E-state index contributed by atoms with van der Waals surface area (Å²) in [5.41, 5.74) is 1.26. The average molecular weight is 481 g/mol. The van der Waals surface area contributed by atoms with Gasteiger partial charge in [0.25, 0.3) is 0 Å². The Bertz CT molecular complexity index is 875. The van der Waals surface area contributed by atoms with E-state index in [2.05, 4.69) is 5.32 Å². The second-order valence-electron chi connectivity index (χ2n) is 7.38. The van der Waals surface area contributed by atoms with Gasteiger partial charge >= 0.3 is 0 Å². The molecule has 0 fully saturated rings. The van der Waals surface area contributed by atoms with Gasteiger partial charge in [-0.05, 0) is 43.2 Å². The molecule has 0 bridgehead atoms. The lowest BCUT2D eigenvalue weighted by molar-refractivity contribution is -0.138. The minimum Gasteiger partial charge on any atom is -0.497 e. The summed E-state index contributed by atoms with van der Waals surface area (Å²) in [6.45, 7) is 4.63. The van der Waals surface area contributed by atoms with Crippen molar-refractivity contribution < 1.29 is 18.7 Å². The first-order valence-corrected chi connectivity index (χ1v) is 12.1. The van der Waals surface area contributed by atoms with Crippen molar-refractivity contribution in [3.63, 3.8) is 0 Å². The Morgan fingerprint density at radius 3 is 2.56 bits per heavy atom. The van der Waals surface area contributed by atoms with Gasteiger partial charge in [-0.1, -0.05) is 43.1 Å². The minimum atomic E-state index is -0.640. The first-order valence-electron chi connectivity index (χ1n) is 10.6. The molecule has 0 aliphatic heterocycles. The fourth-order valence-electron chi connectivity index (χ4n) is 3.04. The van der Waals surface area contributed by atoms with Gasteiger partial charge in [-0.3, -0.25) is 9.59 Å². The summed E-state index contributed by atoms with van der Waals surface area (Å²) >= 11 is 7.35. The van der Waals surface area contributed by atoms with Crippen LogP contribution in [0.4, 0.5) is 4.39 Å². The number of benzene rings is 2. The van der Waals surface area contributed by atoms with E-state index in [1.54, 1.807) is 31.1 Å². The van der Waals surface area contributed by atoms with E-state index in [-0.39, 0.29) is 29.9 Å². The smallest absolute Gasteiger partial charge is 0.242 e. The normalized spacial score (nSPS) is 11.7. The van der Waals surface area contributed by atoms with Gasteiger partial charge in [0.15, 0.2) is 0 Å². The maximum atomic E-state index is 14.0. The highest BCUT2D eigenvalue weighted by molar-refractivity contribution is 7.99. The fourth-order valence-corrected chi connectivity index (χ4v) is 4.29. The molecule has 0 aliphatic carbocycles. The highest BCUT2D eigenvalue weighted by atomic mass is 35.5. The van der Waals surface area contributed by atoms with Crippen LogP contribution in [0.25, 0.3) is 0 Å². The summed E-state index contributed by atoms with van der Waals surface area (Å²) in [6, 6.07) is 11.3. The van der Waals surface area contributed by atoms with Crippen LogP contribution in [0.15, 0.2) is 42.5 Å². The van der Waals surface area contributed by atoms with Crippen molar-refractivity contribution in [2.24, 2.45) is 0 Å². The standard InChI is InChI=1S/C24H30ClFN2O3S/c1-4-5-13-27-24(30)17(2)28(14-18-9-11-19(31-3)12-10-18)23(29)16-32-15-20-21(25)7-6-8-22(20)26/h6-12,17H,4-5,13-16H2,1-3H3,(H,27,30)/t17-/m1/s1. The molecule has 2 rings (SSSR count). The first-order chi connectivity index (χ1) is 15.4. The zero-order chi connectivity index (χ0) is 23.5. The van der Waals surface area contributed by atoms with Gasteiger partial charge in [0.2, 0.25) is 11.8 Å². The topological polar surface area (TPSA) is 58.6 Å². The Balaban J connectivity index is 2.08. The number of nitrogens with zero attached hydrogens (tertiary/aromatic N) is 1. The van der Waals surface area contributed by atoms with Crippen molar-refractivity contribution in [1.29, 1.82) is 0 Å². The highest BCUT2D eigenvalue weighted by Crippen LogP contribution is 2.24. The average Bonchev–Trinajstić information content (AvgIpc) is 2.79. The lowest BCUT2D eigenvalue weighted by Crippen LogP contribution is -2.48. The van der Waals surface area contributed by atoms with Crippen LogP contribution < -0.4 is 10.1 Å². The maximum absolute atomic E-state index is 14.0.